The molecule has 0 saturated heterocycles. The Kier molecular flexibility index (Phi) is 4.62. The van der Waals surface area contributed by atoms with Gasteiger partial charge in [-0.1, -0.05) is 30.3 Å². The second-order valence-electron chi connectivity index (χ2n) is 4.43. The lowest BCUT2D eigenvalue weighted by molar-refractivity contribution is -0.385. The molecule has 8 heteroatoms. The van der Waals surface area contributed by atoms with Crippen LogP contribution in [0, 0.1) is 10.1 Å². The Morgan fingerprint density at radius 1 is 1.43 bits per heavy atom. The third kappa shape index (κ3) is 3.63. The summed E-state index contributed by atoms with van der Waals surface area (Å²) in [5.41, 5.74) is 0.311. The van der Waals surface area contributed by atoms with Crippen LogP contribution in [-0.4, -0.2) is 38.8 Å². The quantitative estimate of drug-likeness (QED) is 0.532. The molecule has 0 aliphatic carbocycles. The molecular formula is C13H14N4O4. The lowest BCUT2D eigenvalue weighted by atomic mass is 10.1. The van der Waals surface area contributed by atoms with E-state index in [0.717, 1.165) is 11.8 Å². The first-order chi connectivity index (χ1) is 10.1. The molecule has 0 unspecified atom stereocenters. The van der Waals surface area contributed by atoms with Crippen molar-refractivity contribution in [3.63, 3.8) is 0 Å². The largest absolute Gasteiger partial charge is 0.394 e. The van der Waals surface area contributed by atoms with E-state index in [1.807, 2.05) is 30.3 Å². The van der Waals surface area contributed by atoms with Gasteiger partial charge in [0.2, 0.25) is 5.69 Å². The van der Waals surface area contributed by atoms with Crippen LogP contribution in [0.3, 0.4) is 0 Å². The normalized spacial score (nSPS) is 11.9. The summed E-state index contributed by atoms with van der Waals surface area (Å²) in [6.45, 7) is -0.275. The Balaban J connectivity index is 2.06. The van der Waals surface area contributed by atoms with Gasteiger partial charge in [-0.25, -0.2) is 0 Å². The van der Waals surface area contributed by atoms with Gasteiger partial charge in [0.05, 0.1) is 17.6 Å². The van der Waals surface area contributed by atoms with Crippen LogP contribution in [0.2, 0.25) is 0 Å². The standard InChI is InChI=1S/C13H14N4O4/c18-8-10(6-9-4-2-1-3-5-9)15-13(19)12-11(17(20)21)7-14-16-12/h1-5,7,10,18H,6,8H2,(H,14,16)(H,15,19)/t10-/m0/s1. The zero-order valence-electron chi connectivity index (χ0n) is 11.0. The minimum Gasteiger partial charge on any atom is -0.394 e. The number of carbonyl (C=O) groups is 1. The van der Waals surface area contributed by atoms with Crippen LogP contribution < -0.4 is 5.32 Å². The van der Waals surface area contributed by atoms with Gasteiger partial charge in [-0.05, 0) is 12.0 Å². The van der Waals surface area contributed by atoms with E-state index in [2.05, 4.69) is 15.5 Å². The van der Waals surface area contributed by atoms with Crippen LogP contribution in [0.4, 0.5) is 5.69 Å². The first kappa shape index (κ1) is 14.7. The third-order valence-corrected chi connectivity index (χ3v) is 2.92. The second-order valence-corrected chi connectivity index (χ2v) is 4.43. The van der Waals surface area contributed by atoms with E-state index in [1.54, 1.807) is 0 Å². The molecule has 1 aromatic carbocycles. The van der Waals surface area contributed by atoms with E-state index in [1.165, 1.54) is 0 Å². The molecule has 3 N–H and O–H groups in total. The predicted molar refractivity (Wildman–Crippen MR) is 73.7 cm³/mol. The van der Waals surface area contributed by atoms with Gasteiger partial charge in [0, 0.05) is 0 Å². The summed E-state index contributed by atoms with van der Waals surface area (Å²) in [5, 5.41) is 28.4. The molecule has 8 nitrogen and oxygen atoms in total. The van der Waals surface area contributed by atoms with Gasteiger partial charge in [-0.15, -0.1) is 0 Å². The highest BCUT2D eigenvalue weighted by Gasteiger charge is 2.24. The maximum absolute atomic E-state index is 12.0. The van der Waals surface area contributed by atoms with E-state index in [9.17, 15) is 20.0 Å². The van der Waals surface area contributed by atoms with Gasteiger partial charge in [-0.2, -0.15) is 5.10 Å². The molecular weight excluding hydrogens is 276 g/mol. The van der Waals surface area contributed by atoms with Gasteiger partial charge < -0.3 is 10.4 Å². The molecule has 1 amide bonds. The number of aromatic amines is 1. The first-order valence-corrected chi connectivity index (χ1v) is 6.25. The topological polar surface area (TPSA) is 121 Å². The number of rotatable bonds is 6. The van der Waals surface area contributed by atoms with Crippen molar-refractivity contribution < 1.29 is 14.8 Å². The average Bonchev–Trinajstić information content (AvgIpc) is 2.97. The molecule has 1 atom stereocenters. The molecule has 21 heavy (non-hydrogen) atoms. The van der Waals surface area contributed by atoms with Crippen molar-refractivity contribution in [2.24, 2.45) is 0 Å². The number of carbonyl (C=O) groups excluding carboxylic acids is 1. The Hall–Kier alpha value is -2.74. The summed E-state index contributed by atoms with van der Waals surface area (Å²) in [6, 6.07) is 8.77. The molecule has 2 rings (SSSR count). The summed E-state index contributed by atoms with van der Waals surface area (Å²) in [6.07, 6.45) is 1.39. The maximum atomic E-state index is 12.0. The van der Waals surface area contributed by atoms with Crippen molar-refractivity contribution >= 4 is 11.6 Å². The highest BCUT2D eigenvalue weighted by molar-refractivity contribution is 5.96. The van der Waals surface area contributed by atoms with E-state index >= 15 is 0 Å². The Labute approximate surface area is 120 Å². The fourth-order valence-corrected chi connectivity index (χ4v) is 1.90. The Morgan fingerprint density at radius 3 is 2.76 bits per heavy atom. The molecule has 0 bridgehead atoms. The summed E-state index contributed by atoms with van der Waals surface area (Å²) >= 11 is 0. The number of nitro groups is 1. The molecule has 110 valence electrons. The molecule has 0 aliphatic rings. The monoisotopic (exact) mass is 290 g/mol. The van der Waals surface area contributed by atoms with E-state index in [-0.39, 0.29) is 12.3 Å². The summed E-state index contributed by atoms with van der Waals surface area (Å²) in [4.78, 5) is 22.1. The predicted octanol–water partition coefficient (Wildman–Crippen LogP) is 0.651. The van der Waals surface area contributed by atoms with Crippen molar-refractivity contribution in [2.75, 3.05) is 6.61 Å². The number of H-pyrrole nitrogens is 1. The fourth-order valence-electron chi connectivity index (χ4n) is 1.90. The molecule has 0 saturated carbocycles. The van der Waals surface area contributed by atoms with Crippen LogP contribution in [0.5, 0.6) is 0 Å². The highest BCUT2D eigenvalue weighted by Crippen LogP contribution is 2.14. The number of aliphatic hydroxyl groups excluding tert-OH is 1. The molecule has 0 spiro atoms. The Bertz CT molecular complexity index is 626. The highest BCUT2D eigenvalue weighted by atomic mass is 16.6. The molecule has 1 heterocycles. The molecule has 0 fully saturated rings. The van der Waals surface area contributed by atoms with Crippen molar-refractivity contribution in [1.82, 2.24) is 15.5 Å². The molecule has 0 aliphatic heterocycles. The van der Waals surface area contributed by atoms with Gasteiger partial charge in [0.15, 0.2) is 0 Å². The van der Waals surface area contributed by atoms with E-state index in [4.69, 9.17) is 0 Å². The van der Waals surface area contributed by atoms with Crippen molar-refractivity contribution in [3.05, 3.63) is 57.9 Å². The number of aliphatic hydroxyl groups is 1. The zero-order valence-corrected chi connectivity index (χ0v) is 11.0. The van der Waals surface area contributed by atoms with Crippen LogP contribution in [0.25, 0.3) is 0 Å². The van der Waals surface area contributed by atoms with Gasteiger partial charge in [0.1, 0.15) is 6.20 Å². The number of hydrogen-bond acceptors (Lipinski definition) is 5. The fraction of sp³-hybridized carbons (Fsp3) is 0.231. The van der Waals surface area contributed by atoms with Crippen LogP contribution in [0.15, 0.2) is 36.5 Å². The van der Waals surface area contributed by atoms with Gasteiger partial charge in [-0.3, -0.25) is 20.0 Å². The number of benzene rings is 1. The number of hydrogen-bond donors (Lipinski definition) is 3. The van der Waals surface area contributed by atoms with E-state index in [0.29, 0.717) is 6.42 Å². The van der Waals surface area contributed by atoms with Crippen LogP contribution in [0.1, 0.15) is 16.1 Å². The minimum atomic E-state index is -0.691. The van der Waals surface area contributed by atoms with Gasteiger partial charge >= 0.3 is 5.69 Å². The third-order valence-electron chi connectivity index (χ3n) is 2.92. The summed E-state index contributed by atoms with van der Waals surface area (Å²) in [7, 11) is 0. The lowest BCUT2D eigenvalue weighted by Crippen LogP contribution is -2.39. The molecule has 0 radical (unpaired) electrons. The van der Waals surface area contributed by atoms with Crippen molar-refractivity contribution in [1.29, 1.82) is 0 Å². The van der Waals surface area contributed by atoms with Crippen molar-refractivity contribution in [2.45, 2.75) is 12.5 Å². The Morgan fingerprint density at radius 2 is 2.14 bits per heavy atom. The maximum Gasteiger partial charge on any atom is 0.319 e. The average molecular weight is 290 g/mol. The van der Waals surface area contributed by atoms with Gasteiger partial charge in [0.25, 0.3) is 5.91 Å². The van der Waals surface area contributed by atoms with Crippen LogP contribution >= 0.6 is 0 Å². The second kappa shape index (κ2) is 6.62. The summed E-state index contributed by atoms with van der Waals surface area (Å²) in [5.74, 6) is -0.672. The lowest BCUT2D eigenvalue weighted by Gasteiger charge is -2.15. The SMILES string of the molecule is O=C(N[C@H](CO)Cc1ccccc1)c1[nH]ncc1[N+](=O)[O-]. The minimum absolute atomic E-state index is 0.230. The smallest absolute Gasteiger partial charge is 0.319 e. The van der Waals surface area contributed by atoms with E-state index < -0.39 is 22.6 Å². The number of nitrogens with zero attached hydrogens (tertiary/aromatic N) is 2. The summed E-state index contributed by atoms with van der Waals surface area (Å²) < 4.78 is 0. The number of aromatic nitrogens is 2. The van der Waals surface area contributed by atoms with Crippen molar-refractivity contribution in [3.8, 4) is 0 Å². The molecule has 2 aromatic rings. The number of nitrogens with one attached hydrogen (secondary N) is 2. The first-order valence-electron chi connectivity index (χ1n) is 6.25. The molecule has 1 aromatic heterocycles. The van der Waals surface area contributed by atoms with Crippen LogP contribution in [-0.2, 0) is 6.42 Å². The zero-order chi connectivity index (χ0) is 15.2. The number of amides is 1.